The van der Waals surface area contributed by atoms with Crippen molar-refractivity contribution in [3.8, 4) is 16.9 Å². The number of hydrogen-bond acceptors (Lipinski definition) is 5. The monoisotopic (exact) mass is 601 g/mol. The van der Waals surface area contributed by atoms with Gasteiger partial charge in [0.25, 0.3) is 10.0 Å². The highest BCUT2D eigenvalue weighted by Crippen LogP contribution is 2.46. The van der Waals surface area contributed by atoms with Crippen LogP contribution in [0.5, 0.6) is 5.75 Å². The first-order valence-corrected chi connectivity index (χ1v) is 16.0. The number of fused-ring (bicyclic) bond motifs is 2. The highest BCUT2D eigenvalue weighted by atomic mass is 32.2. The fourth-order valence-electron chi connectivity index (χ4n) is 6.09. The van der Waals surface area contributed by atoms with Gasteiger partial charge >= 0.3 is 5.97 Å². The van der Waals surface area contributed by atoms with Crippen LogP contribution in [0.25, 0.3) is 21.9 Å². The summed E-state index contributed by atoms with van der Waals surface area (Å²) in [6, 6.07) is 16.4. The Morgan fingerprint density at radius 2 is 1.63 bits per heavy atom. The van der Waals surface area contributed by atoms with Crippen LogP contribution in [0.3, 0.4) is 0 Å². The lowest BCUT2D eigenvalue weighted by Gasteiger charge is -2.31. The molecule has 2 N–H and O–H groups in total. The predicted molar refractivity (Wildman–Crippen MR) is 171 cm³/mol. The van der Waals surface area contributed by atoms with Crippen molar-refractivity contribution in [2.45, 2.75) is 77.9 Å². The van der Waals surface area contributed by atoms with Gasteiger partial charge in [0.05, 0.1) is 22.8 Å². The molecule has 43 heavy (non-hydrogen) atoms. The Labute approximate surface area is 253 Å². The minimum absolute atomic E-state index is 0.152. The molecular formula is C35H39NO6S. The second-order valence-electron chi connectivity index (χ2n) is 12.2. The molecule has 5 rings (SSSR count). The first kappa shape index (κ1) is 30.6. The largest absolute Gasteiger partial charge is 0.493 e. The first-order valence-electron chi connectivity index (χ1n) is 14.5. The smallest absolute Gasteiger partial charge is 0.337 e. The van der Waals surface area contributed by atoms with E-state index in [-0.39, 0.29) is 4.90 Å². The van der Waals surface area contributed by atoms with Crippen molar-refractivity contribution in [3.05, 3.63) is 88.0 Å². The molecule has 0 radical (unpaired) electrons. The van der Waals surface area contributed by atoms with Gasteiger partial charge in [0.15, 0.2) is 6.10 Å². The van der Waals surface area contributed by atoms with Gasteiger partial charge in [-0.3, -0.25) is 4.72 Å². The number of rotatable bonds is 7. The normalized spacial score (nSPS) is 14.2. The van der Waals surface area contributed by atoms with Crippen molar-refractivity contribution in [3.63, 3.8) is 0 Å². The maximum atomic E-state index is 14.0. The molecule has 4 aromatic rings. The maximum Gasteiger partial charge on any atom is 0.337 e. The lowest BCUT2D eigenvalue weighted by Crippen LogP contribution is -2.29. The lowest BCUT2D eigenvalue weighted by atomic mass is 9.82. The number of sulfonamides is 1. The highest BCUT2D eigenvalue weighted by Gasteiger charge is 2.35. The first-order chi connectivity index (χ1) is 20.2. The Morgan fingerprint density at radius 1 is 0.930 bits per heavy atom. The lowest BCUT2D eigenvalue weighted by molar-refractivity contribution is -0.160. The summed E-state index contributed by atoms with van der Waals surface area (Å²) in [7, 11) is -4.05. The highest BCUT2D eigenvalue weighted by molar-refractivity contribution is 7.93. The average molecular weight is 602 g/mol. The van der Waals surface area contributed by atoms with Crippen LogP contribution in [0.1, 0.15) is 66.7 Å². The van der Waals surface area contributed by atoms with Crippen LogP contribution < -0.4 is 9.46 Å². The summed E-state index contributed by atoms with van der Waals surface area (Å²) in [5, 5.41) is 12.0. The number of benzene rings is 4. The second-order valence-corrected chi connectivity index (χ2v) is 13.9. The number of ether oxygens (including phenoxy) is 2. The molecule has 226 valence electrons. The van der Waals surface area contributed by atoms with Crippen LogP contribution in [0, 0.1) is 27.7 Å². The molecule has 4 aromatic carbocycles. The summed E-state index contributed by atoms with van der Waals surface area (Å²) >= 11 is 0. The van der Waals surface area contributed by atoms with E-state index in [4.69, 9.17) is 9.47 Å². The Kier molecular flexibility index (Phi) is 8.05. The quantitative estimate of drug-likeness (QED) is 0.224. The Bertz CT molecular complexity index is 1850. The Hall–Kier alpha value is -3.88. The molecule has 0 saturated carbocycles. The average Bonchev–Trinajstić information content (AvgIpc) is 2.96. The molecule has 1 aliphatic rings. The van der Waals surface area contributed by atoms with Gasteiger partial charge in [-0.2, -0.15) is 0 Å². The zero-order valence-electron chi connectivity index (χ0n) is 25.8. The van der Waals surface area contributed by atoms with Gasteiger partial charge in [0.1, 0.15) is 5.75 Å². The number of anilines is 1. The van der Waals surface area contributed by atoms with E-state index in [9.17, 15) is 18.3 Å². The van der Waals surface area contributed by atoms with E-state index in [1.165, 1.54) is 0 Å². The summed E-state index contributed by atoms with van der Waals surface area (Å²) in [6.45, 7) is 13.7. The maximum absolute atomic E-state index is 14.0. The zero-order chi connectivity index (χ0) is 31.3. The Morgan fingerprint density at radius 3 is 2.33 bits per heavy atom. The number of carbonyl (C=O) groups is 1. The molecular weight excluding hydrogens is 562 g/mol. The van der Waals surface area contributed by atoms with E-state index >= 15 is 0 Å². The third kappa shape index (κ3) is 5.74. The van der Waals surface area contributed by atoms with Crippen LogP contribution in [0.2, 0.25) is 0 Å². The van der Waals surface area contributed by atoms with Gasteiger partial charge in [-0.15, -0.1) is 0 Å². The third-order valence-corrected chi connectivity index (χ3v) is 9.66. The molecule has 0 spiro atoms. The van der Waals surface area contributed by atoms with Crippen LogP contribution in [-0.4, -0.2) is 31.7 Å². The van der Waals surface area contributed by atoms with Crippen LogP contribution >= 0.6 is 0 Å². The van der Waals surface area contributed by atoms with Crippen molar-refractivity contribution in [1.29, 1.82) is 0 Å². The third-order valence-electron chi connectivity index (χ3n) is 8.25. The molecule has 1 heterocycles. The summed E-state index contributed by atoms with van der Waals surface area (Å²) in [5.74, 6) is -0.301. The second kappa shape index (κ2) is 11.3. The molecule has 1 atom stereocenters. The van der Waals surface area contributed by atoms with Crippen molar-refractivity contribution in [2.24, 2.45) is 0 Å². The van der Waals surface area contributed by atoms with Crippen molar-refractivity contribution < 1.29 is 27.8 Å². The summed E-state index contributed by atoms with van der Waals surface area (Å²) < 4.78 is 42.9. The van der Waals surface area contributed by atoms with Gasteiger partial charge in [-0.1, -0.05) is 42.5 Å². The van der Waals surface area contributed by atoms with E-state index in [2.05, 4.69) is 4.72 Å². The SMILES string of the molecule is Cc1c(-c2c(C)c(C)c(NS(=O)(=O)c3cccc4ccccc34)c(C)c2C(OC(C)(C)C)C(=O)O)ccc2c1CCCO2. The number of nitrogens with one attached hydrogen (secondary N) is 1. The molecule has 0 bridgehead atoms. The van der Waals surface area contributed by atoms with E-state index < -0.39 is 27.7 Å². The van der Waals surface area contributed by atoms with Crippen LogP contribution in [0.4, 0.5) is 5.69 Å². The predicted octanol–water partition coefficient (Wildman–Crippen LogP) is 7.81. The molecule has 0 aromatic heterocycles. The van der Waals surface area contributed by atoms with Crippen molar-refractivity contribution in [1.82, 2.24) is 0 Å². The molecule has 0 saturated heterocycles. The summed E-state index contributed by atoms with van der Waals surface area (Å²) in [5.41, 5.74) is 5.75. The fraction of sp³-hybridized carbons (Fsp3) is 0.343. The van der Waals surface area contributed by atoms with E-state index in [1.807, 2.05) is 77.9 Å². The minimum Gasteiger partial charge on any atom is -0.493 e. The van der Waals surface area contributed by atoms with E-state index in [1.54, 1.807) is 25.1 Å². The fourth-order valence-corrected chi connectivity index (χ4v) is 7.51. The molecule has 1 aliphatic heterocycles. The van der Waals surface area contributed by atoms with Gasteiger partial charge < -0.3 is 14.6 Å². The summed E-state index contributed by atoms with van der Waals surface area (Å²) in [4.78, 5) is 13.1. The van der Waals surface area contributed by atoms with Crippen molar-refractivity contribution >= 4 is 32.5 Å². The van der Waals surface area contributed by atoms with Crippen molar-refractivity contribution in [2.75, 3.05) is 11.3 Å². The Balaban J connectivity index is 1.78. The van der Waals surface area contributed by atoms with Gasteiger partial charge in [0.2, 0.25) is 0 Å². The minimum atomic E-state index is -4.05. The number of aliphatic carboxylic acids is 1. The van der Waals surface area contributed by atoms with Gasteiger partial charge in [-0.05, 0) is 118 Å². The number of hydrogen-bond donors (Lipinski definition) is 2. The molecule has 0 aliphatic carbocycles. The van der Waals surface area contributed by atoms with Gasteiger partial charge in [0, 0.05) is 10.9 Å². The number of carboxylic acids is 1. The van der Waals surface area contributed by atoms with Crippen LogP contribution in [-0.2, 0) is 26.0 Å². The van der Waals surface area contributed by atoms with Gasteiger partial charge in [-0.25, -0.2) is 13.2 Å². The standard InChI is InChI=1S/C35H39NO6S/c1-20-21(2)32(36-43(39,40)29-16-10-13-24-12-8-9-14-27(24)29)23(4)31(33(34(37)38)42-35(5,6)7)30(20)26-17-18-28-25(22(26)3)15-11-19-41-28/h8-10,12-14,16-18,33,36H,11,15,19H2,1-7H3,(H,37,38). The zero-order valence-corrected chi connectivity index (χ0v) is 26.6. The molecule has 8 heteroatoms. The topological polar surface area (TPSA) is 102 Å². The molecule has 0 fully saturated rings. The van der Waals surface area contributed by atoms with Crippen LogP contribution in [0.15, 0.2) is 59.5 Å². The van der Waals surface area contributed by atoms with E-state index in [0.29, 0.717) is 34.4 Å². The molecule has 1 unspecified atom stereocenters. The van der Waals surface area contributed by atoms with E-state index in [0.717, 1.165) is 51.8 Å². The molecule has 7 nitrogen and oxygen atoms in total. The summed E-state index contributed by atoms with van der Waals surface area (Å²) in [6.07, 6.45) is 0.424. The number of carboxylic acid groups (broad SMARTS) is 1. The molecule has 0 amide bonds.